The summed E-state index contributed by atoms with van der Waals surface area (Å²) in [5, 5.41) is 25.0. The Morgan fingerprint density at radius 1 is 1.33 bits per heavy atom. The van der Waals surface area contributed by atoms with E-state index in [1.165, 1.54) is 0 Å². The number of nitro benzene ring substituents is 1. The van der Waals surface area contributed by atoms with Crippen LogP contribution in [0.25, 0.3) is 5.76 Å². The number of nitrogens with one attached hydrogen (secondary N) is 1. The summed E-state index contributed by atoms with van der Waals surface area (Å²) in [6.45, 7) is 3.16. The van der Waals surface area contributed by atoms with Crippen molar-refractivity contribution < 1.29 is 32.7 Å². The van der Waals surface area contributed by atoms with Crippen LogP contribution in [0.3, 0.4) is 0 Å². The molecule has 2 N–H and O–H groups in total. The highest BCUT2D eigenvalue weighted by molar-refractivity contribution is 6.15. The van der Waals surface area contributed by atoms with Gasteiger partial charge in [-0.2, -0.15) is 9.49 Å². The number of nitro groups is 1. The molecule has 0 spiro atoms. The number of hydrazone groups is 1. The predicted molar refractivity (Wildman–Crippen MR) is 90.7 cm³/mol. The number of nitrogens with zero attached hydrogens (tertiary/aromatic N) is 2. The van der Waals surface area contributed by atoms with Crippen LogP contribution in [0.5, 0.6) is 0 Å². The molecule has 0 amide bonds. The standard InChI is InChI=1S/C16H18F3N3O5/c1-4-5-6-20-21-7-9(16(24)27-3)15(23)10-11(17)8(2)12(18)13(19)14(10)22(25)26/h7,20,23H,4-6H2,1-3H3. The molecule has 0 aliphatic carbocycles. The maximum Gasteiger partial charge on any atom is 0.343 e. The van der Waals surface area contributed by atoms with E-state index in [0.29, 0.717) is 6.54 Å². The SMILES string of the molecule is CCCCNN=CC(C(=O)OC)=C(O)c1c(F)c(C)c(F)c(F)c1[N+](=O)[O-]. The number of unbranched alkanes of at least 4 members (excludes halogenated alkanes) is 1. The maximum absolute atomic E-state index is 14.4. The number of halogens is 3. The highest BCUT2D eigenvalue weighted by Gasteiger charge is 2.35. The first kappa shape index (κ1) is 21.9. The second kappa shape index (κ2) is 9.55. The van der Waals surface area contributed by atoms with Gasteiger partial charge in [-0.1, -0.05) is 13.3 Å². The van der Waals surface area contributed by atoms with Gasteiger partial charge in [0, 0.05) is 12.1 Å². The third-order valence-electron chi connectivity index (χ3n) is 3.52. The molecule has 0 saturated carbocycles. The molecule has 0 heterocycles. The molecule has 1 aromatic carbocycles. The summed E-state index contributed by atoms with van der Waals surface area (Å²) in [6.07, 6.45) is 2.33. The molecule has 27 heavy (non-hydrogen) atoms. The molecule has 1 rings (SSSR count). The second-order valence-corrected chi connectivity index (χ2v) is 5.32. The highest BCUT2D eigenvalue weighted by atomic mass is 19.2. The molecule has 148 valence electrons. The molecular weight excluding hydrogens is 371 g/mol. The van der Waals surface area contributed by atoms with Crippen molar-refractivity contribution >= 4 is 23.6 Å². The molecule has 0 bridgehead atoms. The number of carbonyl (C=O) groups is 1. The van der Waals surface area contributed by atoms with E-state index in [0.717, 1.165) is 33.1 Å². The predicted octanol–water partition coefficient (Wildman–Crippen LogP) is 3.14. The van der Waals surface area contributed by atoms with Gasteiger partial charge in [-0.05, 0) is 13.3 Å². The number of hydrogen-bond acceptors (Lipinski definition) is 7. The fourth-order valence-electron chi connectivity index (χ4n) is 2.04. The largest absolute Gasteiger partial charge is 0.506 e. The molecule has 8 nitrogen and oxygen atoms in total. The van der Waals surface area contributed by atoms with Gasteiger partial charge in [0.1, 0.15) is 22.7 Å². The number of ether oxygens (including phenoxy) is 1. The minimum Gasteiger partial charge on any atom is -0.506 e. The van der Waals surface area contributed by atoms with E-state index >= 15 is 0 Å². The van der Waals surface area contributed by atoms with E-state index in [2.05, 4.69) is 15.3 Å². The minimum atomic E-state index is -1.97. The van der Waals surface area contributed by atoms with Crippen LogP contribution in [0.1, 0.15) is 30.9 Å². The molecule has 0 aromatic heterocycles. The molecule has 0 saturated heterocycles. The number of aliphatic hydroxyl groups is 1. The van der Waals surface area contributed by atoms with Gasteiger partial charge in [0.15, 0.2) is 5.82 Å². The zero-order valence-electron chi connectivity index (χ0n) is 14.8. The first-order valence-corrected chi connectivity index (χ1v) is 7.78. The summed E-state index contributed by atoms with van der Waals surface area (Å²) >= 11 is 0. The molecule has 11 heteroatoms. The fraction of sp³-hybridized carbons (Fsp3) is 0.375. The topological polar surface area (TPSA) is 114 Å². The maximum atomic E-state index is 14.4. The van der Waals surface area contributed by atoms with Crippen molar-refractivity contribution in [2.45, 2.75) is 26.7 Å². The van der Waals surface area contributed by atoms with Crippen molar-refractivity contribution in [2.24, 2.45) is 5.10 Å². The summed E-state index contributed by atoms with van der Waals surface area (Å²) in [6, 6.07) is 0. The van der Waals surface area contributed by atoms with Gasteiger partial charge < -0.3 is 15.3 Å². The van der Waals surface area contributed by atoms with Crippen LogP contribution in [-0.4, -0.2) is 35.9 Å². The molecule has 0 fully saturated rings. The molecule has 1 aromatic rings. The Labute approximate surface area is 152 Å². The van der Waals surface area contributed by atoms with E-state index in [1.807, 2.05) is 6.92 Å². The number of aliphatic hydroxyl groups excluding tert-OH is 1. The van der Waals surface area contributed by atoms with Crippen LogP contribution in [0, 0.1) is 34.5 Å². The molecule has 0 aliphatic rings. The van der Waals surface area contributed by atoms with Crippen molar-refractivity contribution in [2.75, 3.05) is 13.7 Å². The third kappa shape index (κ3) is 4.74. The van der Waals surface area contributed by atoms with Crippen LogP contribution < -0.4 is 5.43 Å². The Morgan fingerprint density at radius 2 is 1.96 bits per heavy atom. The Kier molecular flexibility index (Phi) is 7.76. The van der Waals surface area contributed by atoms with Crippen LogP contribution >= 0.6 is 0 Å². The summed E-state index contributed by atoms with van der Waals surface area (Å²) in [4.78, 5) is 21.5. The fourth-order valence-corrected chi connectivity index (χ4v) is 2.04. The summed E-state index contributed by atoms with van der Waals surface area (Å²) in [7, 11) is 0.940. The monoisotopic (exact) mass is 389 g/mol. The van der Waals surface area contributed by atoms with Gasteiger partial charge in [-0.25, -0.2) is 13.6 Å². The average Bonchev–Trinajstić information content (AvgIpc) is 2.64. The van der Waals surface area contributed by atoms with Gasteiger partial charge in [0.25, 0.3) is 0 Å². The van der Waals surface area contributed by atoms with Crippen molar-refractivity contribution in [1.82, 2.24) is 5.43 Å². The lowest BCUT2D eigenvalue weighted by Gasteiger charge is -2.11. The summed E-state index contributed by atoms with van der Waals surface area (Å²) in [5.41, 5.74) is -2.08. The number of benzene rings is 1. The molecule has 0 radical (unpaired) electrons. The highest BCUT2D eigenvalue weighted by Crippen LogP contribution is 2.35. The van der Waals surface area contributed by atoms with Crippen molar-refractivity contribution in [3.05, 3.63) is 44.3 Å². The number of methoxy groups -OCH3 is 1. The first-order valence-electron chi connectivity index (χ1n) is 7.78. The van der Waals surface area contributed by atoms with Gasteiger partial charge >= 0.3 is 11.7 Å². The Morgan fingerprint density at radius 3 is 2.48 bits per heavy atom. The van der Waals surface area contributed by atoms with Crippen LogP contribution in [0.4, 0.5) is 18.9 Å². The van der Waals surface area contributed by atoms with Gasteiger partial charge in [0.05, 0.1) is 18.2 Å². The van der Waals surface area contributed by atoms with Crippen LogP contribution in [-0.2, 0) is 9.53 Å². The van der Waals surface area contributed by atoms with E-state index in [4.69, 9.17) is 0 Å². The lowest BCUT2D eigenvalue weighted by Crippen LogP contribution is -2.15. The van der Waals surface area contributed by atoms with Crippen molar-refractivity contribution in [3.63, 3.8) is 0 Å². The summed E-state index contributed by atoms with van der Waals surface area (Å²) < 4.78 is 46.5. The second-order valence-electron chi connectivity index (χ2n) is 5.32. The Bertz CT molecular complexity index is 809. The zero-order chi connectivity index (χ0) is 20.7. The first-order chi connectivity index (χ1) is 12.7. The quantitative estimate of drug-likeness (QED) is 0.103. The number of rotatable bonds is 8. The average molecular weight is 389 g/mol. The van der Waals surface area contributed by atoms with E-state index in [-0.39, 0.29) is 0 Å². The number of carbonyl (C=O) groups excluding carboxylic acids is 1. The van der Waals surface area contributed by atoms with E-state index in [9.17, 15) is 33.2 Å². The Balaban J connectivity index is 3.66. The molecular formula is C16H18F3N3O5. The lowest BCUT2D eigenvalue weighted by molar-refractivity contribution is -0.388. The number of esters is 1. The third-order valence-corrected chi connectivity index (χ3v) is 3.52. The molecule has 0 aliphatic heterocycles. The van der Waals surface area contributed by atoms with Gasteiger partial charge in [-0.3, -0.25) is 10.1 Å². The lowest BCUT2D eigenvalue weighted by atomic mass is 10.0. The van der Waals surface area contributed by atoms with Gasteiger partial charge in [-0.15, -0.1) is 0 Å². The van der Waals surface area contributed by atoms with E-state index < -0.39 is 56.5 Å². The minimum absolute atomic E-state index is 0.418. The van der Waals surface area contributed by atoms with Gasteiger partial charge in [0.2, 0.25) is 5.82 Å². The van der Waals surface area contributed by atoms with Crippen LogP contribution in [0.15, 0.2) is 10.7 Å². The van der Waals surface area contributed by atoms with Crippen LogP contribution in [0.2, 0.25) is 0 Å². The molecule has 0 unspecified atom stereocenters. The number of hydrogen-bond donors (Lipinski definition) is 2. The Hall–Kier alpha value is -3.11. The molecule has 0 atom stereocenters. The smallest absolute Gasteiger partial charge is 0.343 e. The normalized spacial score (nSPS) is 12.1. The van der Waals surface area contributed by atoms with Crippen molar-refractivity contribution in [1.29, 1.82) is 0 Å². The van der Waals surface area contributed by atoms with E-state index in [1.54, 1.807) is 0 Å². The summed E-state index contributed by atoms with van der Waals surface area (Å²) in [5.74, 6) is -7.86. The van der Waals surface area contributed by atoms with Crippen molar-refractivity contribution in [3.8, 4) is 0 Å². The zero-order valence-corrected chi connectivity index (χ0v) is 14.8.